The Balaban J connectivity index is 2.34. The van der Waals surface area contributed by atoms with Gasteiger partial charge in [-0.15, -0.1) is 0 Å². The van der Waals surface area contributed by atoms with Crippen LogP contribution >= 0.6 is 23.2 Å². The first-order valence-electron chi connectivity index (χ1n) is 6.22. The summed E-state index contributed by atoms with van der Waals surface area (Å²) in [6, 6.07) is 0. The summed E-state index contributed by atoms with van der Waals surface area (Å²) in [5, 5.41) is 10.1. The molecule has 1 N–H and O–H groups in total. The summed E-state index contributed by atoms with van der Waals surface area (Å²) >= 11 is 11.5. The second-order valence-electron chi connectivity index (χ2n) is 6.25. The molecule has 2 fully saturated rings. The van der Waals surface area contributed by atoms with Crippen LogP contribution in [0.1, 0.15) is 33.6 Å². The first-order valence-corrected chi connectivity index (χ1v) is 7.09. The van der Waals surface area contributed by atoms with Crippen LogP contribution in [0, 0.1) is 5.41 Å². The topological polar surface area (TPSA) is 43.8 Å². The van der Waals surface area contributed by atoms with Gasteiger partial charge in [-0.05, 0) is 25.2 Å². The molecular weight excluding hydrogens is 275 g/mol. The van der Waals surface area contributed by atoms with E-state index in [0.717, 1.165) is 13.0 Å². The number of carbonyl (C=O) groups is 1. The van der Waals surface area contributed by atoms with Gasteiger partial charge in [0.2, 0.25) is 0 Å². The maximum Gasteiger partial charge on any atom is 0.257 e. The van der Waals surface area contributed by atoms with Crippen LogP contribution in [0.2, 0.25) is 0 Å². The summed E-state index contributed by atoms with van der Waals surface area (Å²) < 4.78 is 0. The Hall–Kier alpha value is -0.0300. The average Bonchev–Trinajstić information content (AvgIpc) is 2.54. The number of amides is 1. The molecule has 2 atom stereocenters. The number of hydrogen-bond donors (Lipinski definition) is 1. The number of halogens is 2. The zero-order valence-electron chi connectivity index (χ0n) is 11.0. The van der Waals surface area contributed by atoms with E-state index in [1.807, 2.05) is 11.8 Å². The second-order valence-corrected chi connectivity index (χ2v) is 7.35. The van der Waals surface area contributed by atoms with E-state index < -0.39 is 16.7 Å². The highest BCUT2D eigenvalue weighted by atomic mass is 35.5. The predicted molar refractivity (Wildman–Crippen MR) is 71.3 cm³/mol. The van der Waals surface area contributed by atoms with Gasteiger partial charge in [0.05, 0.1) is 5.66 Å². The van der Waals surface area contributed by atoms with Crippen LogP contribution < -0.4 is 0 Å². The number of aliphatic hydroxyl groups is 1. The molecule has 4 nitrogen and oxygen atoms in total. The smallest absolute Gasteiger partial charge is 0.257 e. The van der Waals surface area contributed by atoms with Crippen LogP contribution in [0.5, 0.6) is 0 Å². The summed E-state index contributed by atoms with van der Waals surface area (Å²) in [5.74, 6) is -0.271. The van der Waals surface area contributed by atoms with Crippen molar-refractivity contribution in [2.45, 2.75) is 50.3 Å². The van der Waals surface area contributed by atoms with E-state index >= 15 is 0 Å². The minimum absolute atomic E-state index is 0.0802. The van der Waals surface area contributed by atoms with Gasteiger partial charge in [-0.2, -0.15) is 0 Å². The third-order valence-corrected chi connectivity index (χ3v) is 4.45. The second kappa shape index (κ2) is 4.51. The molecule has 0 bridgehead atoms. The fourth-order valence-electron chi connectivity index (χ4n) is 3.13. The highest BCUT2D eigenvalue weighted by Gasteiger charge is 2.54. The van der Waals surface area contributed by atoms with Crippen LogP contribution in [0.4, 0.5) is 0 Å². The Morgan fingerprint density at radius 3 is 2.50 bits per heavy atom. The van der Waals surface area contributed by atoms with Gasteiger partial charge >= 0.3 is 0 Å². The van der Waals surface area contributed by atoms with Crippen LogP contribution in [-0.2, 0) is 4.79 Å². The van der Waals surface area contributed by atoms with E-state index in [-0.39, 0.29) is 11.3 Å². The maximum atomic E-state index is 12.2. The molecule has 1 amide bonds. The molecule has 2 rings (SSSR count). The van der Waals surface area contributed by atoms with E-state index in [0.29, 0.717) is 13.0 Å². The molecule has 0 radical (unpaired) electrons. The van der Waals surface area contributed by atoms with E-state index in [4.69, 9.17) is 23.2 Å². The molecule has 2 aliphatic rings. The number of fused-ring (bicyclic) bond motifs is 1. The molecular formula is C12H20Cl2N2O2. The molecule has 2 aliphatic heterocycles. The molecule has 2 saturated heterocycles. The first-order chi connectivity index (χ1) is 8.17. The van der Waals surface area contributed by atoms with E-state index in [1.54, 1.807) is 4.90 Å². The number of nitrogens with zero attached hydrogens (tertiary/aromatic N) is 2. The van der Waals surface area contributed by atoms with Gasteiger partial charge in [0.25, 0.3) is 5.91 Å². The average molecular weight is 295 g/mol. The quantitative estimate of drug-likeness (QED) is 0.750. The molecule has 0 aromatic rings. The lowest BCUT2D eigenvalue weighted by Crippen LogP contribution is -2.68. The number of rotatable bonds is 1. The van der Waals surface area contributed by atoms with Crippen molar-refractivity contribution in [3.8, 4) is 0 Å². The van der Waals surface area contributed by atoms with Gasteiger partial charge < -0.3 is 10.0 Å². The zero-order valence-corrected chi connectivity index (χ0v) is 12.5. The van der Waals surface area contributed by atoms with Gasteiger partial charge in [0.15, 0.2) is 4.84 Å². The number of aliphatic hydroxyl groups excluding tert-OH is 1. The van der Waals surface area contributed by atoms with Crippen molar-refractivity contribution < 1.29 is 9.90 Å². The van der Waals surface area contributed by atoms with E-state index in [9.17, 15) is 9.90 Å². The normalized spacial score (nSPS) is 35.9. The van der Waals surface area contributed by atoms with E-state index in [2.05, 4.69) is 13.8 Å². The summed E-state index contributed by atoms with van der Waals surface area (Å²) in [7, 11) is 0. The molecule has 0 aromatic carbocycles. The highest BCUT2D eigenvalue weighted by Crippen LogP contribution is 2.43. The highest BCUT2D eigenvalue weighted by molar-refractivity contribution is 6.53. The minimum Gasteiger partial charge on any atom is -0.378 e. The molecule has 6 heteroatoms. The molecule has 2 heterocycles. The lowest BCUT2D eigenvalue weighted by atomic mass is 9.86. The van der Waals surface area contributed by atoms with Crippen molar-refractivity contribution in [1.82, 2.24) is 9.80 Å². The number of hydrogen-bond acceptors (Lipinski definition) is 3. The Labute approximate surface area is 118 Å². The zero-order chi connectivity index (χ0) is 13.7. The lowest BCUT2D eigenvalue weighted by Gasteiger charge is -2.55. The number of alkyl halides is 2. The molecule has 0 aliphatic carbocycles. The Morgan fingerprint density at radius 2 is 1.94 bits per heavy atom. The Bertz CT molecular complexity index is 362. The summed E-state index contributed by atoms with van der Waals surface area (Å²) in [5.41, 5.74) is -0.544. The van der Waals surface area contributed by atoms with E-state index in [1.165, 1.54) is 0 Å². The van der Waals surface area contributed by atoms with Crippen molar-refractivity contribution in [1.29, 1.82) is 0 Å². The standard InChI is InChI=1S/C12H20Cl2N2O2/c1-11(2)6-15-8(17)4-5-12(15,3)16(7-11)10(18)9(13)14/h8-9,17H,4-7H2,1-3H3. The maximum absolute atomic E-state index is 12.2. The van der Waals surface area contributed by atoms with Gasteiger partial charge in [0, 0.05) is 13.1 Å². The lowest BCUT2D eigenvalue weighted by molar-refractivity contribution is -0.170. The van der Waals surface area contributed by atoms with Gasteiger partial charge in [0.1, 0.15) is 6.23 Å². The first kappa shape index (κ1) is 14.4. The minimum atomic E-state index is -1.05. The van der Waals surface area contributed by atoms with Gasteiger partial charge in [-0.25, -0.2) is 0 Å². The van der Waals surface area contributed by atoms with Crippen LogP contribution in [0.25, 0.3) is 0 Å². The SMILES string of the molecule is CC1(C)CN(C(=O)C(Cl)Cl)C2(C)CCC(O)N2C1. The molecule has 2 unspecified atom stereocenters. The third-order valence-electron chi connectivity index (χ3n) is 4.07. The van der Waals surface area contributed by atoms with Crippen LogP contribution in [0.3, 0.4) is 0 Å². The van der Waals surface area contributed by atoms with Crippen LogP contribution in [-0.4, -0.2) is 50.6 Å². The largest absolute Gasteiger partial charge is 0.378 e. The van der Waals surface area contributed by atoms with Crippen molar-refractivity contribution in [2.24, 2.45) is 5.41 Å². The van der Waals surface area contributed by atoms with Crippen molar-refractivity contribution >= 4 is 29.1 Å². The third kappa shape index (κ3) is 2.24. The summed E-state index contributed by atoms with van der Waals surface area (Å²) in [6.45, 7) is 7.52. The Kier molecular flexibility index (Phi) is 3.61. The predicted octanol–water partition coefficient (Wildman–Crippen LogP) is 1.79. The summed E-state index contributed by atoms with van der Waals surface area (Å²) in [6.07, 6.45) is 0.927. The number of carbonyl (C=O) groups excluding carboxylic acids is 1. The summed E-state index contributed by atoms with van der Waals surface area (Å²) in [4.78, 5) is 14.9. The monoisotopic (exact) mass is 294 g/mol. The molecule has 0 aromatic heterocycles. The van der Waals surface area contributed by atoms with Gasteiger partial charge in [-0.1, -0.05) is 37.0 Å². The van der Waals surface area contributed by atoms with Crippen LogP contribution in [0.15, 0.2) is 0 Å². The molecule has 18 heavy (non-hydrogen) atoms. The molecule has 0 saturated carbocycles. The molecule has 104 valence electrons. The van der Waals surface area contributed by atoms with Gasteiger partial charge in [-0.3, -0.25) is 9.69 Å². The Morgan fingerprint density at radius 1 is 1.33 bits per heavy atom. The fraction of sp³-hybridized carbons (Fsp3) is 0.917. The molecule has 0 spiro atoms. The fourth-order valence-corrected chi connectivity index (χ4v) is 3.37. The van der Waals surface area contributed by atoms with Crippen molar-refractivity contribution in [3.63, 3.8) is 0 Å². The van der Waals surface area contributed by atoms with Crippen molar-refractivity contribution in [3.05, 3.63) is 0 Å². The van der Waals surface area contributed by atoms with Crippen molar-refractivity contribution in [2.75, 3.05) is 13.1 Å².